The summed E-state index contributed by atoms with van der Waals surface area (Å²) in [7, 11) is 0. The normalized spacial score (nSPS) is 10.2. The number of anilines is 2. The molecule has 0 saturated heterocycles. The summed E-state index contributed by atoms with van der Waals surface area (Å²) in [5.74, 6) is -1.33. The van der Waals surface area contributed by atoms with Crippen molar-refractivity contribution in [1.29, 1.82) is 0 Å². The predicted octanol–water partition coefficient (Wildman–Crippen LogP) is 4.69. The van der Waals surface area contributed by atoms with Gasteiger partial charge in [0.1, 0.15) is 11.5 Å². The van der Waals surface area contributed by atoms with E-state index in [1.54, 1.807) is 48.5 Å². The Morgan fingerprint density at radius 3 is 1.55 bits per heavy atom. The molecule has 0 aliphatic heterocycles. The molecule has 0 radical (unpaired) electrons. The number of amides is 2. The van der Waals surface area contributed by atoms with Gasteiger partial charge in [0.2, 0.25) is 0 Å². The lowest BCUT2D eigenvalue weighted by atomic mass is 10.1. The monoisotopic (exact) mass is 448 g/mol. The van der Waals surface area contributed by atoms with Gasteiger partial charge < -0.3 is 25.2 Å². The molecule has 0 aromatic heterocycles. The van der Waals surface area contributed by atoms with Crippen LogP contribution in [0.3, 0.4) is 0 Å². The zero-order valence-electron chi connectivity index (χ0n) is 18.3. The summed E-state index contributed by atoms with van der Waals surface area (Å²) in [6, 6.07) is 17.6. The van der Waals surface area contributed by atoms with E-state index >= 15 is 0 Å². The van der Waals surface area contributed by atoms with Gasteiger partial charge >= 0.3 is 5.97 Å². The van der Waals surface area contributed by atoms with E-state index in [-0.39, 0.29) is 16.9 Å². The smallest absolute Gasteiger partial charge is 0.335 e. The van der Waals surface area contributed by atoms with Crippen molar-refractivity contribution >= 4 is 29.2 Å². The maximum Gasteiger partial charge on any atom is 0.335 e. The number of carboxylic acid groups (broad SMARTS) is 1. The van der Waals surface area contributed by atoms with Crippen LogP contribution in [0.1, 0.15) is 44.9 Å². The van der Waals surface area contributed by atoms with E-state index in [0.717, 1.165) is 0 Å². The fraction of sp³-hybridized carbons (Fsp3) is 0.160. The first-order valence-electron chi connectivity index (χ1n) is 10.4. The molecule has 8 nitrogen and oxygen atoms in total. The van der Waals surface area contributed by atoms with Gasteiger partial charge in [0.15, 0.2) is 0 Å². The molecule has 0 saturated carbocycles. The number of para-hydroxylation sites is 2. The fourth-order valence-corrected chi connectivity index (χ4v) is 3.16. The number of ether oxygens (including phenoxy) is 2. The van der Waals surface area contributed by atoms with Crippen LogP contribution in [0.4, 0.5) is 11.4 Å². The average Bonchev–Trinajstić information content (AvgIpc) is 2.80. The van der Waals surface area contributed by atoms with Gasteiger partial charge in [-0.25, -0.2) is 4.79 Å². The Morgan fingerprint density at radius 2 is 1.15 bits per heavy atom. The standard InChI is InChI=1S/C25H24N2O6/c1-3-32-21-11-7-5-9-19(21)23(28)26-17-13-16(25(30)31)14-18(15-17)27-24(29)20-10-6-8-12-22(20)33-4-2/h5-15H,3-4H2,1-2H3,(H,26,28)(H,27,29)(H,30,31). The van der Waals surface area contributed by atoms with Gasteiger partial charge in [-0.15, -0.1) is 0 Å². The lowest BCUT2D eigenvalue weighted by Gasteiger charge is -2.14. The highest BCUT2D eigenvalue weighted by molar-refractivity contribution is 6.09. The highest BCUT2D eigenvalue weighted by Gasteiger charge is 2.17. The maximum absolute atomic E-state index is 12.8. The molecular formula is C25H24N2O6. The zero-order valence-corrected chi connectivity index (χ0v) is 18.3. The first-order chi connectivity index (χ1) is 15.9. The SMILES string of the molecule is CCOc1ccccc1C(=O)Nc1cc(NC(=O)c2ccccc2OCC)cc(C(=O)O)c1. The molecule has 0 heterocycles. The second-order valence-corrected chi connectivity index (χ2v) is 6.87. The molecule has 2 amide bonds. The van der Waals surface area contributed by atoms with Crippen LogP contribution in [-0.4, -0.2) is 36.1 Å². The number of nitrogens with one attached hydrogen (secondary N) is 2. The number of aromatic carboxylic acids is 1. The van der Waals surface area contributed by atoms with Crippen molar-refractivity contribution in [2.24, 2.45) is 0 Å². The van der Waals surface area contributed by atoms with Crippen LogP contribution in [0.2, 0.25) is 0 Å². The third-order valence-corrected chi connectivity index (χ3v) is 4.56. The van der Waals surface area contributed by atoms with Crippen molar-refractivity contribution in [3.8, 4) is 11.5 Å². The third kappa shape index (κ3) is 5.88. The minimum Gasteiger partial charge on any atom is -0.493 e. The predicted molar refractivity (Wildman–Crippen MR) is 125 cm³/mol. The molecule has 3 aromatic rings. The molecule has 3 rings (SSSR count). The van der Waals surface area contributed by atoms with Crippen LogP contribution in [-0.2, 0) is 0 Å². The van der Waals surface area contributed by atoms with Gasteiger partial charge in [0.25, 0.3) is 11.8 Å². The lowest BCUT2D eigenvalue weighted by Crippen LogP contribution is -2.16. The first kappa shape index (κ1) is 23.3. The van der Waals surface area contributed by atoms with Gasteiger partial charge in [0.05, 0.1) is 29.9 Å². The summed E-state index contributed by atoms with van der Waals surface area (Å²) in [5.41, 5.74) is 0.922. The highest BCUT2D eigenvalue weighted by Crippen LogP contribution is 2.25. The molecule has 170 valence electrons. The van der Waals surface area contributed by atoms with Crippen LogP contribution < -0.4 is 20.1 Å². The number of hydrogen-bond acceptors (Lipinski definition) is 5. The number of hydrogen-bond donors (Lipinski definition) is 3. The van der Waals surface area contributed by atoms with Crippen molar-refractivity contribution in [3.05, 3.63) is 83.4 Å². The van der Waals surface area contributed by atoms with Crippen molar-refractivity contribution in [2.75, 3.05) is 23.8 Å². The van der Waals surface area contributed by atoms with Crippen LogP contribution in [0.5, 0.6) is 11.5 Å². The number of rotatable bonds is 9. The Morgan fingerprint density at radius 1 is 0.727 bits per heavy atom. The van der Waals surface area contributed by atoms with Gasteiger partial charge in [-0.1, -0.05) is 24.3 Å². The minimum atomic E-state index is -1.20. The molecule has 8 heteroatoms. The summed E-state index contributed by atoms with van der Waals surface area (Å²) < 4.78 is 11.0. The molecule has 3 N–H and O–H groups in total. The summed E-state index contributed by atoms with van der Waals surface area (Å²) in [6.45, 7) is 4.39. The molecule has 0 unspecified atom stereocenters. The molecule has 0 fully saturated rings. The number of carboxylic acids is 1. The Balaban J connectivity index is 1.88. The van der Waals surface area contributed by atoms with Crippen molar-refractivity contribution in [1.82, 2.24) is 0 Å². The molecule has 3 aromatic carbocycles. The first-order valence-corrected chi connectivity index (χ1v) is 10.4. The second kappa shape index (κ2) is 10.8. The molecule has 0 aliphatic carbocycles. The molecule has 0 atom stereocenters. The van der Waals surface area contributed by atoms with E-state index in [1.165, 1.54) is 18.2 Å². The maximum atomic E-state index is 12.8. The topological polar surface area (TPSA) is 114 Å². The molecule has 0 aliphatic rings. The molecular weight excluding hydrogens is 424 g/mol. The zero-order chi connectivity index (χ0) is 23.8. The summed E-state index contributed by atoms with van der Waals surface area (Å²) >= 11 is 0. The van der Waals surface area contributed by atoms with E-state index in [0.29, 0.717) is 35.8 Å². The average molecular weight is 448 g/mol. The van der Waals surface area contributed by atoms with Crippen LogP contribution in [0.25, 0.3) is 0 Å². The van der Waals surface area contributed by atoms with Crippen LogP contribution in [0.15, 0.2) is 66.7 Å². The third-order valence-electron chi connectivity index (χ3n) is 4.56. The Labute approximate surface area is 191 Å². The quantitative estimate of drug-likeness (QED) is 0.438. The van der Waals surface area contributed by atoms with Crippen LogP contribution in [0, 0.1) is 0 Å². The van der Waals surface area contributed by atoms with E-state index in [2.05, 4.69) is 10.6 Å². The lowest BCUT2D eigenvalue weighted by molar-refractivity contribution is 0.0696. The number of carbonyl (C=O) groups excluding carboxylic acids is 2. The fourth-order valence-electron chi connectivity index (χ4n) is 3.16. The number of benzene rings is 3. The van der Waals surface area contributed by atoms with Gasteiger partial charge in [-0.05, 0) is 56.3 Å². The Hall–Kier alpha value is -4.33. The van der Waals surface area contributed by atoms with E-state index < -0.39 is 17.8 Å². The van der Waals surface area contributed by atoms with Crippen molar-refractivity contribution in [2.45, 2.75) is 13.8 Å². The summed E-state index contributed by atoms with van der Waals surface area (Å²) in [6.07, 6.45) is 0. The minimum absolute atomic E-state index is 0.0979. The van der Waals surface area contributed by atoms with E-state index in [9.17, 15) is 19.5 Å². The van der Waals surface area contributed by atoms with Gasteiger partial charge in [-0.2, -0.15) is 0 Å². The molecule has 0 spiro atoms. The second-order valence-electron chi connectivity index (χ2n) is 6.87. The number of carbonyl (C=O) groups is 3. The van der Waals surface area contributed by atoms with Crippen molar-refractivity contribution < 1.29 is 29.0 Å². The van der Waals surface area contributed by atoms with Gasteiger partial charge in [0, 0.05) is 11.4 Å². The molecule has 33 heavy (non-hydrogen) atoms. The van der Waals surface area contributed by atoms with Crippen LogP contribution >= 0.6 is 0 Å². The van der Waals surface area contributed by atoms with Gasteiger partial charge in [-0.3, -0.25) is 9.59 Å². The molecule has 0 bridgehead atoms. The summed E-state index contributed by atoms with van der Waals surface area (Å²) in [4.78, 5) is 37.3. The summed E-state index contributed by atoms with van der Waals surface area (Å²) in [5, 5.41) is 14.9. The highest BCUT2D eigenvalue weighted by atomic mass is 16.5. The van der Waals surface area contributed by atoms with Crippen molar-refractivity contribution in [3.63, 3.8) is 0 Å². The van der Waals surface area contributed by atoms with E-state index in [1.807, 2.05) is 13.8 Å². The largest absolute Gasteiger partial charge is 0.493 e. The van der Waals surface area contributed by atoms with E-state index in [4.69, 9.17) is 9.47 Å². The Bertz CT molecular complexity index is 1090. The Kier molecular flexibility index (Phi) is 7.64.